The molecule has 1 heterocycles. The van der Waals surface area contributed by atoms with Gasteiger partial charge in [-0.3, -0.25) is 4.79 Å². The molecule has 1 aromatic rings. The van der Waals surface area contributed by atoms with Crippen LogP contribution in [0.1, 0.15) is 49.4 Å². The monoisotopic (exact) mass is 325 g/mol. The number of carbonyl (C=O) groups excluding carboxylic acids is 1. The highest BCUT2D eigenvalue weighted by Gasteiger charge is 2.66. The van der Waals surface area contributed by atoms with Crippen molar-refractivity contribution in [2.24, 2.45) is 5.41 Å². The number of hydrogen-bond donors (Lipinski definition) is 2. The molecule has 5 nitrogen and oxygen atoms in total. The Balaban J connectivity index is 2.24. The van der Waals surface area contributed by atoms with Crippen LogP contribution in [0.5, 0.6) is 0 Å². The molecule has 1 amide bonds. The SMILES string of the molecule is CCOC1CC(NC(=O)c2sccc2CC)(C(=O)O)C1(C)C. The number of carbonyl (C=O) groups is 2. The van der Waals surface area contributed by atoms with Gasteiger partial charge in [-0.1, -0.05) is 20.8 Å². The van der Waals surface area contributed by atoms with Crippen LogP contribution in [0.4, 0.5) is 0 Å². The second-order valence-corrected chi connectivity index (χ2v) is 7.08. The first-order chi connectivity index (χ1) is 10.3. The van der Waals surface area contributed by atoms with E-state index in [9.17, 15) is 14.7 Å². The van der Waals surface area contributed by atoms with E-state index in [0.29, 0.717) is 17.9 Å². The summed E-state index contributed by atoms with van der Waals surface area (Å²) >= 11 is 1.34. The largest absolute Gasteiger partial charge is 0.479 e. The van der Waals surface area contributed by atoms with Crippen LogP contribution in [0, 0.1) is 5.41 Å². The van der Waals surface area contributed by atoms with Crippen LogP contribution in [0.25, 0.3) is 0 Å². The minimum Gasteiger partial charge on any atom is -0.479 e. The highest BCUT2D eigenvalue weighted by Crippen LogP contribution is 2.51. The van der Waals surface area contributed by atoms with Gasteiger partial charge in [-0.25, -0.2) is 4.79 Å². The lowest BCUT2D eigenvalue weighted by molar-refractivity contribution is -0.190. The van der Waals surface area contributed by atoms with E-state index in [1.807, 2.05) is 39.1 Å². The Labute approximate surface area is 134 Å². The van der Waals surface area contributed by atoms with Gasteiger partial charge in [0.15, 0.2) is 0 Å². The van der Waals surface area contributed by atoms with Crippen molar-refractivity contribution in [2.45, 2.75) is 52.2 Å². The van der Waals surface area contributed by atoms with E-state index in [1.54, 1.807) is 0 Å². The molecule has 1 aliphatic carbocycles. The van der Waals surface area contributed by atoms with E-state index < -0.39 is 16.9 Å². The van der Waals surface area contributed by atoms with Gasteiger partial charge in [-0.05, 0) is 30.4 Å². The summed E-state index contributed by atoms with van der Waals surface area (Å²) in [6.07, 6.45) is 0.877. The van der Waals surface area contributed by atoms with Gasteiger partial charge in [0.2, 0.25) is 0 Å². The van der Waals surface area contributed by atoms with Crippen LogP contribution in [0.2, 0.25) is 0 Å². The molecule has 1 aromatic heterocycles. The van der Waals surface area contributed by atoms with E-state index >= 15 is 0 Å². The lowest BCUT2D eigenvalue weighted by Crippen LogP contribution is -2.76. The van der Waals surface area contributed by atoms with Gasteiger partial charge in [0.25, 0.3) is 5.91 Å². The van der Waals surface area contributed by atoms with Gasteiger partial charge in [0.1, 0.15) is 5.54 Å². The number of aliphatic carboxylic acids is 1. The molecule has 2 N–H and O–H groups in total. The first-order valence-electron chi connectivity index (χ1n) is 7.54. The summed E-state index contributed by atoms with van der Waals surface area (Å²) in [6.45, 7) is 8.06. The molecule has 6 heteroatoms. The number of ether oxygens (including phenoxy) is 1. The predicted octanol–water partition coefficient (Wildman–Crippen LogP) is 2.70. The van der Waals surface area contributed by atoms with Gasteiger partial charge in [-0.2, -0.15) is 0 Å². The molecular formula is C16H23NO4S. The third kappa shape index (κ3) is 2.44. The van der Waals surface area contributed by atoms with Gasteiger partial charge in [0.05, 0.1) is 11.0 Å². The van der Waals surface area contributed by atoms with Gasteiger partial charge in [0, 0.05) is 18.4 Å². The third-order valence-corrected chi connectivity index (χ3v) is 5.75. The van der Waals surface area contributed by atoms with Crippen LogP contribution in [-0.2, 0) is 16.0 Å². The Morgan fingerprint density at radius 1 is 1.45 bits per heavy atom. The van der Waals surface area contributed by atoms with Crippen molar-refractivity contribution in [3.63, 3.8) is 0 Å². The second kappa shape index (κ2) is 6.01. The summed E-state index contributed by atoms with van der Waals surface area (Å²) < 4.78 is 5.60. The zero-order valence-corrected chi connectivity index (χ0v) is 14.3. The summed E-state index contributed by atoms with van der Waals surface area (Å²) in [6, 6.07) is 1.90. The number of amides is 1. The van der Waals surface area contributed by atoms with Gasteiger partial charge < -0.3 is 15.2 Å². The van der Waals surface area contributed by atoms with Crippen LogP contribution < -0.4 is 5.32 Å². The van der Waals surface area contributed by atoms with Crippen molar-refractivity contribution in [2.75, 3.05) is 6.61 Å². The van der Waals surface area contributed by atoms with E-state index in [0.717, 1.165) is 12.0 Å². The molecule has 1 aliphatic rings. The molecular weight excluding hydrogens is 302 g/mol. The summed E-state index contributed by atoms with van der Waals surface area (Å²) in [5.41, 5.74) is -0.992. The number of aryl methyl sites for hydroxylation is 1. The van der Waals surface area contributed by atoms with Crippen molar-refractivity contribution in [3.05, 3.63) is 21.9 Å². The lowest BCUT2D eigenvalue weighted by atomic mass is 9.54. The number of thiophene rings is 1. The minimum absolute atomic E-state index is 0.164. The Bertz CT molecular complexity index is 580. The molecule has 2 unspecified atom stereocenters. The first kappa shape index (κ1) is 17.0. The second-order valence-electron chi connectivity index (χ2n) is 6.16. The molecule has 0 radical (unpaired) electrons. The van der Waals surface area contributed by atoms with Crippen LogP contribution in [-0.4, -0.2) is 35.2 Å². The number of carboxylic acids is 1. The smallest absolute Gasteiger partial charge is 0.330 e. The zero-order chi connectivity index (χ0) is 16.5. The first-order valence-corrected chi connectivity index (χ1v) is 8.42. The average molecular weight is 325 g/mol. The number of carboxylic acid groups (broad SMARTS) is 1. The number of hydrogen-bond acceptors (Lipinski definition) is 4. The molecule has 0 saturated heterocycles. The normalized spacial score (nSPS) is 26.3. The summed E-state index contributed by atoms with van der Waals surface area (Å²) in [5, 5.41) is 14.3. The Morgan fingerprint density at radius 3 is 2.64 bits per heavy atom. The van der Waals surface area contributed by atoms with Crippen molar-refractivity contribution in [3.8, 4) is 0 Å². The fraction of sp³-hybridized carbons (Fsp3) is 0.625. The van der Waals surface area contributed by atoms with Crippen LogP contribution in [0.3, 0.4) is 0 Å². The summed E-state index contributed by atoms with van der Waals surface area (Å²) in [4.78, 5) is 25.0. The molecule has 1 saturated carbocycles. The maximum Gasteiger partial charge on any atom is 0.330 e. The standard InChI is InChI=1S/C16H23NO4S/c1-5-10-7-8-22-12(10)13(18)17-16(14(19)20)9-11(21-6-2)15(16,3)4/h7-8,11H,5-6,9H2,1-4H3,(H,17,18)(H,19,20). The Kier molecular flexibility index (Phi) is 4.63. The Morgan fingerprint density at radius 2 is 2.14 bits per heavy atom. The number of nitrogens with one attached hydrogen (secondary N) is 1. The summed E-state index contributed by atoms with van der Waals surface area (Å²) in [7, 11) is 0. The molecule has 0 aliphatic heterocycles. The molecule has 122 valence electrons. The minimum atomic E-state index is -1.28. The van der Waals surface area contributed by atoms with Crippen molar-refractivity contribution in [1.29, 1.82) is 0 Å². The molecule has 0 aromatic carbocycles. The van der Waals surface area contributed by atoms with Crippen LogP contribution >= 0.6 is 11.3 Å². The zero-order valence-electron chi connectivity index (χ0n) is 13.4. The van der Waals surface area contributed by atoms with E-state index in [-0.39, 0.29) is 12.0 Å². The van der Waals surface area contributed by atoms with E-state index in [4.69, 9.17) is 4.74 Å². The van der Waals surface area contributed by atoms with E-state index in [2.05, 4.69) is 5.32 Å². The molecule has 1 fully saturated rings. The molecule has 2 atom stereocenters. The molecule has 0 spiro atoms. The fourth-order valence-corrected chi connectivity index (χ4v) is 3.99. The highest BCUT2D eigenvalue weighted by molar-refractivity contribution is 7.12. The van der Waals surface area contributed by atoms with Gasteiger partial charge >= 0.3 is 5.97 Å². The topological polar surface area (TPSA) is 75.6 Å². The van der Waals surface area contributed by atoms with Gasteiger partial charge in [-0.15, -0.1) is 11.3 Å². The van der Waals surface area contributed by atoms with E-state index in [1.165, 1.54) is 11.3 Å². The predicted molar refractivity (Wildman–Crippen MR) is 85.3 cm³/mol. The average Bonchev–Trinajstić information content (AvgIpc) is 2.93. The summed E-state index contributed by atoms with van der Waals surface area (Å²) in [5.74, 6) is -1.31. The lowest BCUT2D eigenvalue weighted by Gasteiger charge is -2.58. The fourth-order valence-electron chi connectivity index (χ4n) is 3.10. The Hall–Kier alpha value is -1.40. The van der Waals surface area contributed by atoms with Crippen LogP contribution in [0.15, 0.2) is 11.4 Å². The molecule has 22 heavy (non-hydrogen) atoms. The quantitative estimate of drug-likeness (QED) is 0.843. The van der Waals surface area contributed by atoms with Crippen molar-refractivity contribution >= 4 is 23.2 Å². The number of rotatable bonds is 6. The highest BCUT2D eigenvalue weighted by atomic mass is 32.1. The third-order valence-electron chi connectivity index (χ3n) is 4.79. The molecule has 2 rings (SSSR count). The maximum atomic E-state index is 12.5. The molecule has 0 bridgehead atoms. The maximum absolute atomic E-state index is 12.5. The van der Waals surface area contributed by atoms with Crippen molar-refractivity contribution < 1.29 is 19.4 Å². The van der Waals surface area contributed by atoms with Crippen molar-refractivity contribution in [1.82, 2.24) is 5.32 Å².